The summed E-state index contributed by atoms with van der Waals surface area (Å²) < 4.78 is 32.9. The van der Waals surface area contributed by atoms with E-state index in [1.807, 2.05) is 0 Å². The second-order valence-electron chi connectivity index (χ2n) is 4.31. The molecule has 2 nitrogen and oxygen atoms in total. The molecule has 0 aromatic heterocycles. The summed E-state index contributed by atoms with van der Waals surface area (Å²) in [5, 5.41) is 10.2. The summed E-state index contributed by atoms with van der Waals surface area (Å²) >= 11 is 3.31. The summed E-state index contributed by atoms with van der Waals surface area (Å²) in [6.45, 7) is 0. The smallest absolute Gasteiger partial charge is 0.129 e. The molecule has 1 atom stereocenters. The molecule has 1 N–H and O–H groups in total. The van der Waals surface area contributed by atoms with Gasteiger partial charge in [0.05, 0.1) is 13.2 Å². The Kier molecular flexibility index (Phi) is 4.73. The van der Waals surface area contributed by atoms with E-state index in [0.717, 1.165) is 0 Å². The SMILES string of the molecule is COc1ccc(Br)c(C(O)Cc2c(F)cccc2F)c1. The molecule has 5 heteroatoms. The normalized spacial score (nSPS) is 12.2. The van der Waals surface area contributed by atoms with Crippen molar-refractivity contribution in [3.8, 4) is 5.75 Å². The average molecular weight is 343 g/mol. The fraction of sp³-hybridized carbons (Fsp3) is 0.200. The summed E-state index contributed by atoms with van der Waals surface area (Å²) in [5.41, 5.74) is 0.390. The van der Waals surface area contributed by atoms with E-state index in [0.29, 0.717) is 15.8 Å². The van der Waals surface area contributed by atoms with Gasteiger partial charge in [-0.15, -0.1) is 0 Å². The van der Waals surface area contributed by atoms with Gasteiger partial charge in [-0.1, -0.05) is 22.0 Å². The van der Waals surface area contributed by atoms with Gasteiger partial charge in [0.25, 0.3) is 0 Å². The van der Waals surface area contributed by atoms with Crippen molar-refractivity contribution in [3.63, 3.8) is 0 Å². The van der Waals surface area contributed by atoms with Gasteiger partial charge < -0.3 is 9.84 Å². The first-order valence-electron chi connectivity index (χ1n) is 5.97. The lowest BCUT2D eigenvalue weighted by Gasteiger charge is -2.15. The lowest BCUT2D eigenvalue weighted by molar-refractivity contribution is 0.174. The molecule has 0 saturated carbocycles. The van der Waals surface area contributed by atoms with Gasteiger partial charge in [0.2, 0.25) is 0 Å². The topological polar surface area (TPSA) is 29.5 Å². The fourth-order valence-electron chi connectivity index (χ4n) is 1.93. The van der Waals surface area contributed by atoms with Crippen LogP contribution in [-0.4, -0.2) is 12.2 Å². The van der Waals surface area contributed by atoms with Gasteiger partial charge in [0, 0.05) is 16.5 Å². The van der Waals surface area contributed by atoms with Crippen LogP contribution < -0.4 is 4.74 Å². The Morgan fingerprint density at radius 2 is 1.85 bits per heavy atom. The van der Waals surface area contributed by atoms with Gasteiger partial charge in [-0.25, -0.2) is 8.78 Å². The minimum absolute atomic E-state index is 0.130. The van der Waals surface area contributed by atoms with Gasteiger partial charge in [-0.2, -0.15) is 0 Å². The molecular formula is C15H13BrF2O2. The van der Waals surface area contributed by atoms with Crippen LogP contribution in [0.3, 0.4) is 0 Å². The van der Waals surface area contributed by atoms with E-state index in [-0.39, 0.29) is 12.0 Å². The van der Waals surface area contributed by atoms with E-state index in [2.05, 4.69) is 15.9 Å². The molecule has 2 aromatic carbocycles. The monoisotopic (exact) mass is 342 g/mol. The van der Waals surface area contributed by atoms with Gasteiger partial charge in [-0.05, 0) is 35.9 Å². The van der Waals surface area contributed by atoms with Crippen molar-refractivity contribution in [2.75, 3.05) is 7.11 Å². The molecule has 0 bridgehead atoms. The molecule has 0 aliphatic rings. The van der Waals surface area contributed by atoms with Crippen LogP contribution in [0.25, 0.3) is 0 Å². The van der Waals surface area contributed by atoms with E-state index in [1.54, 1.807) is 18.2 Å². The molecule has 106 valence electrons. The first kappa shape index (κ1) is 14.9. The van der Waals surface area contributed by atoms with Crippen molar-refractivity contribution in [3.05, 3.63) is 63.6 Å². The summed E-state index contributed by atoms with van der Waals surface area (Å²) in [5.74, 6) is -0.762. The third kappa shape index (κ3) is 3.16. The number of ether oxygens (including phenoxy) is 1. The quantitative estimate of drug-likeness (QED) is 0.909. The number of benzene rings is 2. The van der Waals surface area contributed by atoms with E-state index >= 15 is 0 Å². The molecule has 2 rings (SSSR count). The molecule has 0 aliphatic carbocycles. The van der Waals surface area contributed by atoms with E-state index < -0.39 is 17.7 Å². The lowest BCUT2D eigenvalue weighted by atomic mass is 10.0. The Morgan fingerprint density at radius 3 is 2.45 bits per heavy atom. The number of methoxy groups -OCH3 is 1. The lowest BCUT2D eigenvalue weighted by Crippen LogP contribution is -2.06. The van der Waals surface area contributed by atoms with Crippen LogP contribution in [0.15, 0.2) is 40.9 Å². The minimum atomic E-state index is -1.04. The van der Waals surface area contributed by atoms with Crippen molar-refractivity contribution in [1.82, 2.24) is 0 Å². The van der Waals surface area contributed by atoms with Crippen LogP contribution in [0, 0.1) is 11.6 Å². The predicted molar refractivity (Wildman–Crippen MR) is 75.7 cm³/mol. The standard InChI is InChI=1S/C15H13BrF2O2/c1-20-9-5-6-12(16)10(7-9)15(19)8-11-13(17)3-2-4-14(11)18/h2-7,15,19H,8H2,1H3. The summed E-state index contributed by atoms with van der Waals surface area (Å²) in [6.07, 6.45) is -1.18. The molecule has 0 radical (unpaired) electrons. The Hall–Kier alpha value is -1.46. The van der Waals surface area contributed by atoms with Crippen molar-refractivity contribution in [2.24, 2.45) is 0 Å². The summed E-state index contributed by atoms with van der Waals surface area (Å²) in [6, 6.07) is 8.71. The van der Waals surface area contributed by atoms with Crippen molar-refractivity contribution < 1.29 is 18.6 Å². The molecule has 0 amide bonds. The van der Waals surface area contributed by atoms with Gasteiger partial charge >= 0.3 is 0 Å². The molecule has 0 saturated heterocycles. The zero-order chi connectivity index (χ0) is 14.7. The largest absolute Gasteiger partial charge is 0.497 e. The third-order valence-electron chi connectivity index (χ3n) is 3.02. The Labute approximate surface area is 124 Å². The van der Waals surface area contributed by atoms with Gasteiger partial charge in [0.1, 0.15) is 17.4 Å². The summed E-state index contributed by atoms with van der Waals surface area (Å²) in [7, 11) is 1.51. The minimum Gasteiger partial charge on any atom is -0.497 e. The third-order valence-corrected chi connectivity index (χ3v) is 3.74. The molecule has 0 fully saturated rings. The van der Waals surface area contributed by atoms with Gasteiger partial charge in [-0.3, -0.25) is 0 Å². The second-order valence-corrected chi connectivity index (χ2v) is 5.16. The van der Waals surface area contributed by atoms with Crippen LogP contribution in [-0.2, 0) is 6.42 Å². The maximum Gasteiger partial charge on any atom is 0.129 e. The molecule has 1 unspecified atom stereocenters. The van der Waals surface area contributed by atoms with Crippen molar-refractivity contribution in [1.29, 1.82) is 0 Å². The number of hydrogen-bond donors (Lipinski definition) is 1. The first-order valence-corrected chi connectivity index (χ1v) is 6.76. The number of aliphatic hydroxyl groups is 1. The molecule has 0 heterocycles. The highest BCUT2D eigenvalue weighted by molar-refractivity contribution is 9.10. The number of rotatable bonds is 4. The van der Waals surface area contributed by atoms with Crippen LogP contribution >= 0.6 is 15.9 Å². The summed E-state index contributed by atoms with van der Waals surface area (Å²) in [4.78, 5) is 0. The van der Waals surface area contributed by atoms with Crippen LogP contribution in [0.1, 0.15) is 17.2 Å². The van der Waals surface area contributed by atoms with E-state index in [4.69, 9.17) is 4.74 Å². The molecule has 0 spiro atoms. The average Bonchev–Trinajstić information content (AvgIpc) is 2.43. The van der Waals surface area contributed by atoms with E-state index in [9.17, 15) is 13.9 Å². The van der Waals surface area contributed by atoms with Crippen LogP contribution in [0.4, 0.5) is 8.78 Å². The Bertz CT molecular complexity index is 597. The fourth-order valence-corrected chi connectivity index (χ4v) is 2.45. The second kappa shape index (κ2) is 6.33. The number of halogens is 3. The Balaban J connectivity index is 2.30. The molecular weight excluding hydrogens is 330 g/mol. The zero-order valence-electron chi connectivity index (χ0n) is 10.7. The van der Waals surface area contributed by atoms with Crippen molar-refractivity contribution in [2.45, 2.75) is 12.5 Å². The maximum absolute atomic E-state index is 13.6. The van der Waals surface area contributed by atoms with E-state index in [1.165, 1.54) is 25.3 Å². The molecule has 20 heavy (non-hydrogen) atoms. The highest BCUT2D eigenvalue weighted by Gasteiger charge is 2.18. The highest BCUT2D eigenvalue weighted by atomic mass is 79.9. The maximum atomic E-state index is 13.6. The van der Waals surface area contributed by atoms with Crippen molar-refractivity contribution >= 4 is 15.9 Å². The van der Waals surface area contributed by atoms with Gasteiger partial charge in [0.15, 0.2) is 0 Å². The Morgan fingerprint density at radius 1 is 1.20 bits per heavy atom. The number of aliphatic hydroxyl groups excluding tert-OH is 1. The predicted octanol–water partition coefficient (Wildman–Crippen LogP) is 4.01. The van der Waals surface area contributed by atoms with Crippen LogP contribution in [0.5, 0.6) is 5.75 Å². The number of hydrogen-bond acceptors (Lipinski definition) is 2. The molecule has 2 aromatic rings. The van der Waals surface area contributed by atoms with Crippen LogP contribution in [0.2, 0.25) is 0 Å². The zero-order valence-corrected chi connectivity index (χ0v) is 12.3. The highest BCUT2D eigenvalue weighted by Crippen LogP contribution is 2.30. The first-order chi connectivity index (χ1) is 9.52. The molecule has 0 aliphatic heterocycles.